The highest BCUT2D eigenvalue weighted by molar-refractivity contribution is 6.31. The molecule has 0 heterocycles. The molecule has 6 nitrogen and oxygen atoms in total. The minimum absolute atomic E-state index is 0.0286. The molecule has 0 spiro atoms. The van der Waals surface area contributed by atoms with Gasteiger partial charge in [-0.05, 0) is 30.3 Å². The molecular formula is C16H16ClN3O3. The predicted octanol–water partition coefficient (Wildman–Crippen LogP) is 2.50. The molecule has 4 N–H and O–H groups in total. The summed E-state index contributed by atoms with van der Waals surface area (Å²) in [6, 6.07) is 11.7. The van der Waals surface area contributed by atoms with Gasteiger partial charge in [-0.25, -0.2) is 0 Å². The number of carbonyl (C=O) groups is 2. The molecule has 0 aliphatic carbocycles. The zero-order valence-electron chi connectivity index (χ0n) is 12.4. The van der Waals surface area contributed by atoms with Crippen LogP contribution in [0, 0.1) is 0 Å². The van der Waals surface area contributed by atoms with Crippen LogP contribution in [0.4, 0.5) is 11.4 Å². The number of nitrogens with one attached hydrogen (secondary N) is 2. The number of methoxy groups -OCH3 is 1. The lowest BCUT2D eigenvalue weighted by molar-refractivity contribution is -0.114. The van der Waals surface area contributed by atoms with Crippen molar-refractivity contribution in [2.24, 2.45) is 5.73 Å². The van der Waals surface area contributed by atoms with Crippen LogP contribution < -0.4 is 21.1 Å². The minimum atomic E-state index is -0.622. The Morgan fingerprint density at radius 2 is 2.00 bits per heavy atom. The van der Waals surface area contributed by atoms with Crippen molar-refractivity contribution in [2.45, 2.75) is 0 Å². The Morgan fingerprint density at radius 1 is 1.22 bits per heavy atom. The van der Waals surface area contributed by atoms with Crippen molar-refractivity contribution in [1.82, 2.24) is 0 Å². The third kappa shape index (κ3) is 4.62. The molecule has 23 heavy (non-hydrogen) atoms. The zero-order valence-corrected chi connectivity index (χ0v) is 13.2. The van der Waals surface area contributed by atoms with E-state index in [1.807, 2.05) is 0 Å². The Hall–Kier alpha value is -2.73. The molecule has 2 aromatic rings. The number of primary amides is 1. The Balaban J connectivity index is 2.00. The highest BCUT2D eigenvalue weighted by atomic mass is 35.5. The van der Waals surface area contributed by atoms with E-state index >= 15 is 0 Å². The Labute approximate surface area is 138 Å². The minimum Gasteiger partial charge on any atom is -0.497 e. The van der Waals surface area contributed by atoms with Crippen LogP contribution in [-0.2, 0) is 4.79 Å². The van der Waals surface area contributed by atoms with E-state index in [2.05, 4.69) is 10.6 Å². The second-order valence-corrected chi connectivity index (χ2v) is 5.12. The first-order valence-electron chi connectivity index (χ1n) is 6.76. The second-order valence-electron chi connectivity index (χ2n) is 4.69. The number of benzene rings is 2. The van der Waals surface area contributed by atoms with Crippen molar-refractivity contribution in [3.8, 4) is 5.75 Å². The summed E-state index contributed by atoms with van der Waals surface area (Å²) in [5.41, 5.74) is 6.58. The van der Waals surface area contributed by atoms with E-state index in [-0.39, 0.29) is 18.0 Å². The molecule has 0 fully saturated rings. The molecule has 120 valence electrons. The van der Waals surface area contributed by atoms with Crippen LogP contribution in [0.5, 0.6) is 5.75 Å². The number of hydrogen-bond donors (Lipinski definition) is 3. The fourth-order valence-electron chi connectivity index (χ4n) is 1.96. The number of ether oxygens (including phenoxy) is 1. The topological polar surface area (TPSA) is 93.4 Å². The molecule has 2 amide bonds. The molecule has 0 radical (unpaired) electrons. The highest BCUT2D eigenvalue weighted by Crippen LogP contribution is 2.20. The van der Waals surface area contributed by atoms with E-state index < -0.39 is 5.91 Å². The van der Waals surface area contributed by atoms with Gasteiger partial charge in [0.25, 0.3) is 5.91 Å². The van der Waals surface area contributed by atoms with Gasteiger partial charge in [0.15, 0.2) is 0 Å². The van der Waals surface area contributed by atoms with Crippen LogP contribution >= 0.6 is 11.6 Å². The molecule has 0 unspecified atom stereocenters. The smallest absolute Gasteiger partial charge is 0.250 e. The van der Waals surface area contributed by atoms with Crippen LogP contribution in [0.25, 0.3) is 0 Å². The van der Waals surface area contributed by atoms with Crippen LogP contribution in [0.2, 0.25) is 5.02 Å². The Kier molecular flexibility index (Phi) is 5.43. The molecule has 0 saturated carbocycles. The van der Waals surface area contributed by atoms with Crippen molar-refractivity contribution in [2.75, 3.05) is 24.3 Å². The maximum atomic E-state index is 12.0. The first-order chi connectivity index (χ1) is 11.0. The molecule has 0 aliphatic rings. The van der Waals surface area contributed by atoms with Crippen molar-refractivity contribution < 1.29 is 14.3 Å². The fourth-order valence-corrected chi connectivity index (χ4v) is 2.13. The van der Waals surface area contributed by atoms with E-state index in [1.54, 1.807) is 43.5 Å². The average Bonchev–Trinajstić information content (AvgIpc) is 2.53. The van der Waals surface area contributed by atoms with Crippen LogP contribution in [0.3, 0.4) is 0 Å². The quantitative estimate of drug-likeness (QED) is 0.757. The zero-order chi connectivity index (χ0) is 16.8. The van der Waals surface area contributed by atoms with E-state index in [4.69, 9.17) is 22.1 Å². The highest BCUT2D eigenvalue weighted by Gasteiger charge is 2.10. The molecule has 0 bridgehead atoms. The number of amides is 2. The van der Waals surface area contributed by atoms with Crippen molar-refractivity contribution in [3.63, 3.8) is 0 Å². The first-order valence-corrected chi connectivity index (χ1v) is 7.14. The van der Waals surface area contributed by atoms with Gasteiger partial charge in [-0.3, -0.25) is 9.59 Å². The number of halogens is 1. The third-order valence-electron chi connectivity index (χ3n) is 3.04. The number of carbonyl (C=O) groups excluding carboxylic acids is 2. The summed E-state index contributed by atoms with van der Waals surface area (Å²) in [7, 11) is 1.55. The van der Waals surface area contributed by atoms with Gasteiger partial charge in [0.1, 0.15) is 5.75 Å². The van der Waals surface area contributed by atoms with Crippen molar-refractivity contribution >= 4 is 34.8 Å². The van der Waals surface area contributed by atoms with Gasteiger partial charge >= 0.3 is 0 Å². The lowest BCUT2D eigenvalue weighted by atomic mass is 10.1. The number of rotatable bonds is 6. The Bertz CT molecular complexity index is 734. The van der Waals surface area contributed by atoms with Gasteiger partial charge in [-0.1, -0.05) is 17.7 Å². The van der Waals surface area contributed by atoms with Crippen LogP contribution in [0.15, 0.2) is 42.5 Å². The molecular weight excluding hydrogens is 318 g/mol. The van der Waals surface area contributed by atoms with Gasteiger partial charge in [0, 0.05) is 22.5 Å². The summed E-state index contributed by atoms with van der Waals surface area (Å²) in [6.07, 6.45) is 0. The summed E-state index contributed by atoms with van der Waals surface area (Å²) >= 11 is 5.83. The van der Waals surface area contributed by atoms with E-state index in [9.17, 15) is 9.59 Å². The normalized spacial score (nSPS) is 10.0. The van der Waals surface area contributed by atoms with Crippen LogP contribution in [0.1, 0.15) is 10.4 Å². The summed E-state index contributed by atoms with van der Waals surface area (Å²) in [5, 5.41) is 5.98. The van der Waals surface area contributed by atoms with Gasteiger partial charge in [0.2, 0.25) is 5.91 Å². The van der Waals surface area contributed by atoms with E-state index in [0.717, 1.165) is 0 Å². The first kappa shape index (κ1) is 16.6. The molecule has 0 saturated heterocycles. The second kappa shape index (κ2) is 7.51. The molecule has 7 heteroatoms. The predicted molar refractivity (Wildman–Crippen MR) is 90.1 cm³/mol. The standard InChI is InChI=1S/C16H16ClN3O3/c1-23-12-4-2-3-11(8-12)20-15(21)9-19-14-6-5-10(17)7-13(14)16(18)22/h2-8,19H,9H2,1H3,(H2,18,22)(H,20,21). The van der Waals surface area contributed by atoms with Crippen molar-refractivity contribution in [3.05, 3.63) is 53.1 Å². The molecule has 0 aliphatic heterocycles. The summed E-state index contributed by atoms with van der Waals surface area (Å²) in [4.78, 5) is 23.4. The van der Waals surface area contributed by atoms with Gasteiger partial charge in [-0.2, -0.15) is 0 Å². The summed E-state index contributed by atoms with van der Waals surface area (Å²) < 4.78 is 5.09. The van der Waals surface area contributed by atoms with Gasteiger partial charge < -0.3 is 21.1 Å². The molecule has 0 atom stereocenters. The van der Waals surface area contributed by atoms with Crippen LogP contribution in [-0.4, -0.2) is 25.5 Å². The largest absolute Gasteiger partial charge is 0.497 e. The van der Waals surface area contributed by atoms with E-state index in [0.29, 0.717) is 22.1 Å². The third-order valence-corrected chi connectivity index (χ3v) is 3.28. The van der Waals surface area contributed by atoms with Crippen molar-refractivity contribution in [1.29, 1.82) is 0 Å². The molecule has 2 aromatic carbocycles. The maximum Gasteiger partial charge on any atom is 0.250 e. The van der Waals surface area contributed by atoms with Gasteiger partial charge in [-0.15, -0.1) is 0 Å². The summed E-state index contributed by atoms with van der Waals surface area (Å²) in [6.45, 7) is -0.0286. The fraction of sp³-hybridized carbons (Fsp3) is 0.125. The number of hydrogen-bond acceptors (Lipinski definition) is 4. The molecule has 0 aromatic heterocycles. The average molecular weight is 334 g/mol. The SMILES string of the molecule is COc1cccc(NC(=O)CNc2ccc(Cl)cc2C(N)=O)c1. The monoisotopic (exact) mass is 333 g/mol. The number of nitrogens with two attached hydrogens (primary N) is 1. The molecule has 2 rings (SSSR count). The lowest BCUT2D eigenvalue weighted by Crippen LogP contribution is -2.23. The summed E-state index contributed by atoms with van der Waals surface area (Å²) in [5.74, 6) is -0.253. The maximum absolute atomic E-state index is 12.0. The number of anilines is 2. The van der Waals surface area contributed by atoms with Gasteiger partial charge in [0.05, 0.1) is 19.2 Å². The Morgan fingerprint density at radius 3 is 2.70 bits per heavy atom. The lowest BCUT2D eigenvalue weighted by Gasteiger charge is -2.11. The van der Waals surface area contributed by atoms with E-state index in [1.165, 1.54) is 6.07 Å².